The average Bonchev–Trinajstić information content (AvgIpc) is 2.77. The van der Waals surface area contributed by atoms with Gasteiger partial charge < -0.3 is 4.90 Å². The smallest absolute Gasteiger partial charge is 0.277 e. The molecular formula is C18H18N4O. The number of rotatable bonds is 2. The van der Waals surface area contributed by atoms with E-state index in [2.05, 4.69) is 23.7 Å². The Bertz CT molecular complexity index is 833. The van der Waals surface area contributed by atoms with Crippen LogP contribution < -0.4 is 10.5 Å². The SMILES string of the molecule is C=Cn1c(C)nc(N2CCc3ccccc3CC2)c(C#N)c1=O. The number of nitriles is 1. The van der Waals surface area contributed by atoms with Crippen LogP contribution in [0.2, 0.25) is 0 Å². The van der Waals surface area contributed by atoms with Gasteiger partial charge in [0.25, 0.3) is 5.56 Å². The molecule has 23 heavy (non-hydrogen) atoms. The van der Waals surface area contributed by atoms with Crippen molar-refractivity contribution in [3.8, 4) is 6.07 Å². The molecule has 2 aromatic rings. The van der Waals surface area contributed by atoms with Gasteiger partial charge in [0.15, 0.2) is 11.4 Å². The van der Waals surface area contributed by atoms with Crippen molar-refractivity contribution in [2.24, 2.45) is 0 Å². The number of aromatic nitrogens is 2. The third-order valence-corrected chi connectivity index (χ3v) is 4.29. The maximum absolute atomic E-state index is 12.4. The molecule has 2 heterocycles. The second-order valence-electron chi connectivity index (χ2n) is 5.58. The number of fused-ring (bicyclic) bond motifs is 1. The Labute approximate surface area is 135 Å². The van der Waals surface area contributed by atoms with Crippen LogP contribution in [0.4, 0.5) is 5.82 Å². The Morgan fingerprint density at radius 3 is 2.39 bits per heavy atom. The lowest BCUT2D eigenvalue weighted by Gasteiger charge is -2.23. The largest absolute Gasteiger partial charge is 0.355 e. The highest BCUT2D eigenvalue weighted by Gasteiger charge is 2.21. The predicted molar refractivity (Wildman–Crippen MR) is 90.4 cm³/mol. The fourth-order valence-corrected chi connectivity index (χ4v) is 3.05. The van der Waals surface area contributed by atoms with Gasteiger partial charge in [-0.05, 0) is 30.9 Å². The van der Waals surface area contributed by atoms with Gasteiger partial charge in [-0.3, -0.25) is 9.36 Å². The highest BCUT2D eigenvalue weighted by atomic mass is 16.1. The van der Waals surface area contributed by atoms with Crippen molar-refractivity contribution < 1.29 is 0 Å². The van der Waals surface area contributed by atoms with Crippen molar-refractivity contribution in [1.82, 2.24) is 9.55 Å². The van der Waals surface area contributed by atoms with E-state index in [1.54, 1.807) is 6.92 Å². The summed E-state index contributed by atoms with van der Waals surface area (Å²) in [5.74, 6) is 1.03. The first-order valence-corrected chi connectivity index (χ1v) is 7.63. The lowest BCUT2D eigenvalue weighted by molar-refractivity contribution is 0.770. The number of anilines is 1. The summed E-state index contributed by atoms with van der Waals surface area (Å²) in [6.45, 7) is 6.85. The lowest BCUT2D eigenvalue weighted by Crippen LogP contribution is -2.33. The molecule has 1 aromatic heterocycles. The summed E-state index contributed by atoms with van der Waals surface area (Å²) in [4.78, 5) is 19.0. The molecule has 1 aromatic carbocycles. The first-order chi connectivity index (χ1) is 11.2. The van der Waals surface area contributed by atoms with Gasteiger partial charge >= 0.3 is 0 Å². The summed E-state index contributed by atoms with van der Waals surface area (Å²) < 4.78 is 1.31. The van der Waals surface area contributed by atoms with Crippen molar-refractivity contribution in [2.45, 2.75) is 19.8 Å². The quantitative estimate of drug-likeness (QED) is 0.852. The minimum absolute atomic E-state index is 0.0847. The van der Waals surface area contributed by atoms with Crippen LogP contribution in [-0.4, -0.2) is 22.6 Å². The van der Waals surface area contributed by atoms with E-state index in [1.165, 1.54) is 21.9 Å². The molecule has 1 aliphatic rings. The monoisotopic (exact) mass is 306 g/mol. The van der Waals surface area contributed by atoms with Gasteiger partial charge in [-0.15, -0.1) is 0 Å². The van der Waals surface area contributed by atoms with Crippen LogP contribution in [0.1, 0.15) is 22.5 Å². The predicted octanol–water partition coefficient (Wildman–Crippen LogP) is 2.13. The number of nitrogens with zero attached hydrogens (tertiary/aromatic N) is 4. The zero-order chi connectivity index (χ0) is 16.4. The zero-order valence-electron chi connectivity index (χ0n) is 13.1. The van der Waals surface area contributed by atoms with Crippen LogP contribution in [0, 0.1) is 18.3 Å². The van der Waals surface area contributed by atoms with Crippen molar-refractivity contribution in [3.05, 3.63) is 63.7 Å². The molecular weight excluding hydrogens is 288 g/mol. The van der Waals surface area contributed by atoms with E-state index in [9.17, 15) is 10.1 Å². The van der Waals surface area contributed by atoms with E-state index in [1.807, 2.05) is 23.1 Å². The molecule has 0 saturated carbocycles. The molecule has 0 radical (unpaired) electrons. The summed E-state index contributed by atoms with van der Waals surface area (Å²) >= 11 is 0. The van der Waals surface area contributed by atoms with E-state index < -0.39 is 0 Å². The summed E-state index contributed by atoms with van der Waals surface area (Å²) in [6.07, 6.45) is 3.16. The molecule has 0 bridgehead atoms. The third-order valence-electron chi connectivity index (χ3n) is 4.29. The Hall–Kier alpha value is -2.87. The zero-order valence-corrected chi connectivity index (χ0v) is 13.1. The minimum atomic E-state index is -0.355. The average molecular weight is 306 g/mol. The summed E-state index contributed by atoms with van der Waals surface area (Å²) in [5, 5.41) is 9.42. The van der Waals surface area contributed by atoms with E-state index in [0.29, 0.717) is 11.6 Å². The Morgan fingerprint density at radius 2 is 1.87 bits per heavy atom. The Kier molecular flexibility index (Phi) is 3.98. The van der Waals surface area contributed by atoms with E-state index in [4.69, 9.17) is 0 Å². The molecule has 0 spiro atoms. The van der Waals surface area contributed by atoms with Gasteiger partial charge in [0, 0.05) is 19.3 Å². The van der Waals surface area contributed by atoms with Gasteiger partial charge in [-0.1, -0.05) is 30.8 Å². The van der Waals surface area contributed by atoms with Crippen LogP contribution in [0.25, 0.3) is 6.20 Å². The third kappa shape index (κ3) is 2.64. The van der Waals surface area contributed by atoms with Crippen LogP contribution in [-0.2, 0) is 12.8 Å². The summed E-state index contributed by atoms with van der Waals surface area (Å²) in [6, 6.07) is 10.4. The normalized spacial score (nSPS) is 13.8. The molecule has 0 fully saturated rings. The number of hydrogen-bond acceptors (Lipinski definition) is 4. The fourth-order valence-electron chi connectivity index (χ4n) is 3.05. The van der Waals surface area contributed by atoms with Gasteiger partial charge in [-0.2, -0.15) is 5.26 Å². The molecule has 0 atom stereocenters. The minimum Gasteiger partial charge on any atom is -0.355 e. The molecule has 0 aliphatic carbocycles. The van der Waals surface area contributed by atoms with Crippen molar-refractivity contribution in [3.63, 3.8) is 0 Å². The van der Waals surface area contributed by atoms with E-state index >= 15 is 0 Å². The molecule has 0 N–H and O–H groups in total. The lowest BCUT2D eigenvalue weighted by atomic mass is 10.0. The number of aryl methyl sites for hydroxylation is 1. The standard InChI is InChI=1S/C18H18N4O/c1-3-22-13(2)20-17(16(12-19)18(22)23)21-10-8-14-6-4-5-7-15(14)9-11-21/h3-7H,1,8-11H2,2H3. The van der Waals surface area contributed by atoms with Gasteiger partial charge in [-0.25, -0.2) is 4.98 Å². The number of benzene rings is 1. The molecule has 3 rings (SSSR count). The van der Waals surface area contributed by atoms with E-state index in [-0.39, 0.29) is 11.1 Å². The first-order valence-electron chi connectivity index (χ1n) is 7.63. The molecule has 116 valence electrons. The maximum Gasteiger partial charge on any atom is 0.277 e. The van der Waals surface area contributed by atoms with Gasteiger partial charge in [0.2, 0.25) is 0 Å². The van der Waals surface area contributed by atoms with Crippen LogP contribution in [0.15, 0.2) is 35.6 Å². The second kappa shape index (κ2) is 6.09. The molecule has 0 saturated heterocycles. The molecule has 0 amide bonds. The van der Waals surface area contributed by atoms with Crippen LogP contribution >= 0.6 is 0 Å². The van der Waals surface area contributed by atoms with Crippen molar-refractivity contribution in [2.75, 3.05) is 18.0 Å². The summed E-state index contributed by atoms with van der Waals surface area (Å²) in [7, 11) is 0. The first kappa shape index (κ1) is 15.0. The molecule has 0 unspecified atom stereocenters. The Balaban J connectivity index is 2.02. The fraction of sp³-hybridized carbons (Fsp3) is 0.278. The van der Waals surface area contributed by atoms with Gasteiger partial charge in [0.05, 0.1) is 0 Å². The maximum atomic E-state index is 12.4. The van der Waals surface area contributed by atoms with E-state index in [0.717, 1.165) is 25.9 Å². The van der Waals surface area contributed by atoms with Gasteiger partial charge in [0.1, 0.15) is 11.9 Å². The molecule has 5 heteroatoms. The highest BCUT2D eigenvalue weighted by molar-refractivity contribution is 5.55. The number of hydrogen-bond donors (Lipinski definition) is 0. The Morgan fingerprint density at radius 1 is 1.26 bits per heavy atom. The van der Waals surface area contributed by atoms with Crippen LogP contribution in [0.3, 0.4) is 0 Å². The topological polar surface area (TPSA) is 61.9 Å². The van der Waals surface area contributed by atoms with Crippen molar-refractivity contribution >= 4 is 12.0 Å². The molecule has 5 nitrogen and oxygen atoms in total. The second-order valence-corrected chi connectivity index (χ2v) is 5.58. The molecule has 1 aliphatic heterocycles. The van der Waals surface area contributed by atoms with Crippen molar-refractivity contribution in [1.29, 1.82) is 5.26 Å². The summed E-state index contributed by atoms with van der Waals surface area (Å²) in [5.41, 5.74) is 2.38. The van der Waals surface area contributed by atoms with Crippen LogP contribution in [0.5, 0.6) is 0 Å². The highest BCUT2D eigenvalue weighted by Crippen LogP contribution is 2.21.